The average molecular weight is 461 g/mol. The van der Waals surface area contributed by atoms with Crippen molar-refractivity contribution in [2.45, 2.75) is 26.8 Å². The lowest BCUT2D eigenvalue weighted by Crippen LogP contribution is -2.31. The Morgan fingerprint density at radius 3 is 2.65 bits per heavy atom. The van der Waals surface area contributed by atoms with Crippen LogP contribution in [0, 0.1) is 0 Å². The molecular formula is C26H28N4O4. The fourth-order valence-electron chi connectivity index (χ4n) is 4.04. The molecule has 8 heteroatoms. The summed E-state index contributed by atoms with van der Waals surface area (Å²) < 4.78 is 6.76. The number of fused-ring (bicyclic) bond motifs is 2. The predicted molar refractivity (Wildman–Crippen MR) is 132 cm³/mol. The second-order valence-electron chi connectivity index (χ2n) is 8.07. The summed E-state index contributed by atoms with van der Waals surface area (Å²) in [5.74, 6) is -1.18. The highest BCUT2D eigenvalue weighted by Gasteiger charge is 2.22. The number of amides is 1. The number of anilines is 1. The van der Waals surface area contributed by atoms with Crippen LogP contribution in [0.1, 0.15) is 31.7 Å². The molecular weight excluding hydrogens is 432 g/mol. The number of ether oxygens (including phenoxy) is 1. The number of likely N-dealkylation sites (N-methyl/N-ethyl adjacent to an activating group) is 1. The second-order valence-corrected chi connectivity index (χ2v) is 8.07. The number of rotatable bonds is 7. The first-order valence-corrected chi connectivity index (χ1v) is 11.5. The van der Waals surface area contributed by atoms with E-state index in [4.69, 9.17) is 9.72 Å². The number of allylic oxidation sites excluding steroid dienone is 1. The molecule has 0 aliphatic carbocycles. The number of aromatic nitrogens is 2. The molecule has 0 atom stereocenters. The Labute approximate surface area is 197 Å². The molecule has 1 aliphatic rings. The summed E-state index contributed by atoms with van der Waals surface area (Å²) in [4.78, 5) is 44.2. The largest absolute Gasteiger partial charge is 0.457 e. The summed E-state index contributed by atoms with van der Waals surface area (Å²) in [6.07, 6.45) is 2.76. The summed E-state index contributed by atoms with van der Waals surface area (Å²) in [5, 5.41) is 3.01. The minimum absolute atomic E-state index is 0.120. The van der Waals surface area contributed by atoms with Gasteiger partial charge < -0.3 is 15.0 Å². The molecule has 0 bridgehead atoms. The number of carbonyl (C=O) groups is 2. The normalized spacial score (nSPS) is 13.9. The lowest BCUT2D eigenvalue weighted by atomic mass is 10.1. The smallest absolute Gasteiger partial charge is 0.397 e. The number of nitrogens with one attached hydrogen (secondary N) is 1. The molecule has 0 unspecified atom stereocenters. The van der Waals surface area contributed by atoms with E-state index < -0.39 is 11.9 Å². The fraction of sp³-hybridized carbons (Fsp3) is 0.308. The van der Waals surface area contributed by atoms with E-state index in [-0.39, 0.29) is 12.2 Å². The molecule has 3 aromatic rings. The van der Waals surface area contributed by atoms with Crippen LogP contribution in [0.3, 0.4) is 0 Å². The van der Waals surface area contributed by atoms with E-state index in [9.17, 15) is 14.4 Å². The lowest BCUT2D eigenvalue weighted by molar-refractivity contribution is -0.152. The van der Waals surface area contributed by atoms with Crippen LogP contribution in [0.2, 0.25) is 0 Å². The summed E-state index contributed by atoms with van der Waals surface area (Å²) in [5.41, 5.74) is 2.74. The van der Waals surface area contributed by atoms with Gasteiger partial charge >= 0.3 is 11.9 Å². The number of esters is 1. The van der Waals surface area contributed by atoms with Gasteiger partial charge in [-0.05, 0) is 54.9 Å². The van der Waals surface area contributed by atoms with Crippen molar-refractivity contribution in [2.24, 2.45) is 0 Å². The molecule has 0 radical (unpaired) electrons. The van der Waals surface area contributed by atoms with Crippen LogP contribution in [0.5, 0.6) is 0 Å². The van der Waals surface area contributed by atoms with E-state index >= 15 is 0 Å². The molecule has 2 heterocycles. The molecule has 34 heavy (non-hydrogen) atoms. The Morgan fingerprint density at radius 1 is 1.15 bits per heavy atom. The van der Waals surface area contributed by atoms with Gasteiger partial charge in [0.15, 0.2) is 0 Å². The molecule has 8 nitrogen and oxygen atoms in total. The zero-order chi connectivity index (χ0) is 24.1. The molecule has 0 spiro atoms. The average Bonchev–Trinajstić information content (AvgIpc) is 3.25. The van der Waals surface area contributed by atoms with E-state index in [1.165, 1.54) is 0 Å². The summed E-state index contributed by atoms with van der Waals surface area (Å²) in [6.45, 7) is 7.02. The van der Waals surface area contributed by atoms with E-state index in [0.29, 0.717) is 35.5 Å². The zero-order valence-corrected chi connectivity index (χ0v) is 19.4. The highest BCUT2D eigenvalue weighted by molar-refractivity contribution is 6.37. The first-order chi connectivity index (χ1) is 16.5. The monoisotopic (exact) mass is 460 g/mol. The first-order valence-electron chi connectivity index (χ1n) is 11.5. The molecule has 176 valence electrons. The molecule has 4 rings (SSSR count). The third kappa shape index (κ3) is 5.07. The van der Waals surface area contributed by atoms with Crippen molar-refractivity contribution >= 4 is 40.1 Å². The van der Waals surface area contributed by atoms with Gasteiger partial charge in [0.05, 0.1) is 10.9 Å². The molecule has 1 aliphatic heterocycles. The van der Waals surface area contributed by atoms with Crippen LogP contribution in [-0.4, -0.2) is 52.6 Å². The summed E-state index contributed by atoms with van der Waals surface area (Å²) >= 11 is 0. The highest BCUT2D eigenvalue weighted by atomic mass is 16.5. The van der Waals surface area contributed by atoms with E-state index in [1.54, 1.807) is 22.8 Å². The van der Waals surface area contributed by atoms with E-state index in [0.717, 1.165) is 30.6 Å². The topological polar surface area (TPSA) is 93.5 Å². The minimum atomic E-state index is -0.942. The minimum Gasteiger partial charge on any atom is -0.457 e. The predicted octanol–water partition coefficient (Wildman–Crippen LogP) is 3.16. The molecule has 0 saturated heterocycles. The second kappa shape index (κ2) is 10.4. The van der Waals surface area contributed by atoms with Crippen molar-refractivity contribution in [2.75, 3.05) is 31.6 Å². The first kappa shape index (κ1) is 23.4. The third-order valence-electron chi connectivity index (χ3n) is 5.97. The Bertz CT molecular complexity index is 1290. The van der Waals surface area contributed by atoms with Crippen LogP contribution < -0.4 is 10.9 Å². The number of carbonyl (C=O) groups excluding carboxylic acids is 2. The van der Waals surface area contributed by atoms with Gasteiger partial charge in [-0.1, -0.05) is 44.2 Å². The van der Waals surface area contributed by atoms with Gasteiger partial charge in [-0.15, -0.1) is 0 Å². The van der Waals surface area contributed by atoms with Crippen LogP contribution in [-0.2, 0) is 20.9 Å². The highest BCUT2D eigenvalue weighted by Crippen LogP contribution is 2.28. The Morgan fingerprint density at radius 2 is 1.91 bits per heavy atom. The lowest BCUT2D eigenvalue weighted by Gasteiger charge is -2.17. The van der Waals surface area contributed by atoms with Gasteiger partial charge in [0.1, 0.15) is 12.4 Å². The van der Waals surface area contributed by atoms with Crippen molar-refractivity contribution in [3.8, 4) is 0 Å². The van der Waals surface area contributed by atoms with Crippen LogP contribution in [0.15, 0.2) is 53.3 Å². The quantitative estimate of drug-likeness (QED) is 0.430. The molecule has 1 N–H and O–H groups in total. The fourth-order valence-corrected chi connectivity index (χ4v) is 4.04. The number of hydrogen-bond donors (Lipinski definition) is 1. The Kier molecular flexibility index (Phi) is 7.18. The maximum atomic E-state index is 13.0. The van der Waals surface area contributed by atoms with Crippen LogP contribution in [0.25, 0.3) is 22.6 Å². The zero-order valence-electron chi connectivity index (χ0n) is 19.4. The van der Waals surface area contributed by atoms with E-state index in [2.05, 4.69) is 10.2 Å². The van der Waals surface area contributed by atoms with Gasteiger partial charge in [0.2, 0.25) is 0 Å². The van der Waals surface area contributed by atoms with Crippen molar-refractivity contribution in [3.63, 3.8) is 0 Å². The van der Waals surface area contributed by atoms with Crippen molar-refractivity contribution in [1.29, 1.82) is 0 Å². The van der Waals surface area contributed by atoms with Crippen molar-refractivity contribution in [3.05, 3.63) is 70.3 Å². The standard InChI is InChI=1S/C26H28N4O4/c1-3-29(4-2)14-15-34-26(33)24(31)27-20-10-11-21-22(17-20)28-23-19(12-13-30(23)25(21)32)16-18-8-6-5-7-9-18/h5-11,16-17H,3-4,12-15H2,1-2H3,(H,27,31). The number of nitrogens with zero attached hydrogens (tertiary/aromatic N) is 3. The summed E-state index contributed by atoms with van der Waals surface area (Å²) in [6, 6.07) is 14.7. The van der Waals surface area contributed by atoms with Gasteiger partial charge in [0, 0.05) is 18.8 Å². The van der Waals surface area contributed by atoms with Gasteiger partial charge in [-0.2, -0.15) is 0 Å². The molecule has 1 amide bonds. The summed E-state index contributed by atoms with van der Waals surface area (Å²) in [7, 11) is 0. The molecule has 2 aromatic carbocycles. The molecule has 0 saturated carbocycles. The van der Waals surface area contributed by atoms with Gasteiger partial charge in [0.25, 0.3) is 5.56 Å². The van der Waals surface area contributed by atoms with Crippen LogP contribution >= 0.6 is 0 Å². The third-order valence-corrected chi connectivity index (χ3v) is 5.97. The number of hydrogen-bond acceptors (Lipinski definition) is 6. The van der Waals surface area contributed by atoms with Crippen molar-refractivity contribution in [1.82, 2.24) is 14.5 Å². The Hall–Kier alpha value is -3.78. The van der Waals surface area contributed by atoms with Gasteiger partial charge in [-0.25, -0.2) is 9.78 Å². The SMILES string of the molecule is CCN(CC)CCOC(=O)C(=O)Nc1ccc2c(=O)n3c(nc2c1)C(=Cc1ccccc1)CC3. The van der Waals surface area contributed by atoms with E-state index in [1.807, 2.05) is 50.3 Å². The maximum Gasteiger partial charge on any atom is 0.397 e. The number of benzene rings is 2. The molecule has 1 aromatic heterocycles. The van der Waals surface area contributed by atoms with Crippen LogP contribution in [0.4, 0.5) is 5.69 Å². The van der Waals surface area contributed by atoms with Crippen molar-refractivity contribution < 1.29 is 14.3 Å². The Balaban J connectivity index is 1.52. The molecule has 0 fully saturated rings. The maximum absolute atomic E-state index is 13.0. The van der Waals surface area contributed by atoms with Gasteiger partial charge in [-0.3, -0.25) is 14.2 Å².